The first-order valence-electron chi connectivity index (χ1n) is 9.51. The summed E-state index contributed by atoms with van der Waals surface area (Å²) in [7, 11) is 3.55. The van der Waals surface area contributed by atoms with Crippen LogP contribution in [0.25, 0.3) is 10.4 Å². The molecule has 7 nitrogen and oxygen atoms in total. The number of likely N-dealkylation sites (tertiary alicyclic amines) is 1. The summed E-state index contributed by atoms with van der Waals surface area (Å²) < 4.78 is 0. The molecule has 1 saturated heterocycles. The lowest BCUT2D eigenvalue weighted by atomic mass is 9.72. The predicted molar refractivity (Wildman–Crippen MR) is 94.6 cm³/mol. The maximum Gasteiger partial charge on any atom is 0.319 e. The molecule has 0 aromatic carbocycles. The minimum Gasteiger partial charge on any atom is -0.331 e. The molecule has 3 rings (SSSR count). The molecular formula is C18H29N5O2. The van der Waals surface area contributed by atoms with E-state index in [0.29, 0.717) is 17.8 Å². The SMILES string of the molecule is CN(C)C(=O)N1C[C@@H]2C[C@](CC3CCCCC3)(C(=O)N=[N+]=[N-])C[C@@H]2C1. The largest absolute Gasteiger partial charge is 0.331 e. The van der Waals surface area contributed by atoms with Gasteiger partial charge in [-0.15, -0.1) is 0 Å². The lowest BCUT2D eigenvalue weighted by molar-refractivity contribution is -0.129. The number of nitrogens with zero attached hydrogens (tertiary/aromatic N) is 5. The van der Waals surface area contributed by atoms with Gasteiger partial charge < -0.3 is 9.80 Å². The van der Waals surface area contributed by atoms with Gasteiger partial charge in [0.05, 0.1) is 0 Å². The molecule has 7 heteroatoms. The molecule has 0 unspecified atom stereocenters. The number of amides is 3. The molecule has 0 spiro atoms. The first-order valence-corrected chi connectivity index (χ1v) is 9.51. The molecule has 0 radical (unpaired) electrons. The fourth-order valence-electron chi connectivity index (χ4n) is 5.45. The molecule has 2 aliphatic carbocycles. The van der Waals surface area contributed by atoms with Crippen LogP contribution in [0.1, 0.15) is 51.4 Å². The summed E-state index contributed by atoms with van der Waals surface area (Å²) in [6.07, 6.45) is 8.55. The Morgan fingerprint density at radius 2 is 1.76 bits per heavy atom. The van der Waals surface area contributed by atoms with Crippen molar-refractivity contribution in [3.8, 4) is 0 Å². The Morgan fingerprint density at radius 1 is 1.16 bits per heavy atom. The van der Waals surface area contributed by atoms with Gasteiger partial charge in [0, 0.05) is 37.5 Å². The van der Waals surface area contributed by atoms with Gasteiger partial charge in [-0.2, -0.15) is 0 Å². The third-order valence-corrected chi connectivity index (χ3v) is 6.53. The van der Waals surface area contributed by atoms with Gasteiger partial charge >= 0.3 is 6.03 Å². The molecule has 0 N–H and O–H groups in total. The average molecular weight is 347 g/mol. The maximum absolute atomic E-state index is 12.7. The van der Waals surface area contributed by atoms with Crippen molar-refractivity contribution in [1.29, 1.82) is 0 Å². The molecule has 0 aromatic heterocycles. The molecule has 0 bridgehead atoms. The van der Waals surface area contributed by atoms with E-state index in [9.17, 15) is 9.59 Å². The van der Waals surface area contributed by atoms with Crippen LogP contribution in [0.15, 0.2) is 5.11 Å². The minimum atomic E-state index is -0.489. The Morgan fingerprint density at radius 3 is 2.28 bits per heavy atom. The number of fused-ring (bicyclic) bond motifs is 1. The van der Waals surface area contributed by atoms with Gasteiger partial charge in [-0.3, -0.25) is 4.79 Å². The van der Waals surface area contributed by atoms with E-state index < -0.39 is 5.41 Å². The van der Waals surface area contributed by atoms with E-state index in [1.54, 1.807) is 19.0 Å². The first kappa shape index (κ1) is 18.1. The summed E-state index contributed by atoms with van der Waals surface area (Å²) in [4.78, 5) is 31.2. The highest BCUT2D eigenvalue weighted by molar-refractivity contribution is 5.84. The Bertz CT molecular complexity index is 564. The second-order valence-electron chi connectivity index (χ2n) is 8.49. The summed E-state index contributed by atoms with van der Waals surface area (Å²) in [6, 6.07) is 0.0497. The number of rotatable bonds is 3. The van der Waals surface area contributed by atoms with E-state index in [0.717, 1.165) is 32.4 Å². The van der Waals surface area contributed by atoms with Crippen LogP contribution in [0.4, 0.5) is 4.79 Å². The number of carbonyl (C=O) groups excluding carboxylic acids is 2. The summed E-state index contributed by atoms with van der Waals surface area (Å²) in [6.45, 7) is 1.44. The van der Waals surface area contributed by atoms with Crippen molar-refractivity contribution in [3.63, 3.8) is 0 Å². The highest BCUT2D eigenvalue weighted by atomic mass is 16.2. The smallest absolute Gasteiger partial charge is 0.319 e. The highest BCUT2D eigenvalue weighted by Gasteiger charge is 2.53. The number of hydrogen-bond donors (Lipinski definition) is 0. The van der Waals surface area contributed by atoms with Gasteiger partial charge in [-0.1, -0.05) is 32.1 Å². The first-order chi connectivity index (χ1) is 11.9. The Hall–Kier alpha value is -1.75. The van der Waals surface area contributed by atoms with Crippen LogP contribution in [0, 0.1) is 23.2 Å². The lowest BCUT2D eigenvalue weighted by Crippen LogP contribution is -2.39. The topological polar surface area (TPSA) is 89.4 Å². The zero-order valence-corrected chi connectivity index (χ0v) is 15.4. The molecule has 3 amide bonds. The van der Waals surface area contributed by atoms with Crippen LogP contribution in [0.3, 0.4) is 0 Å². The van der Waals surface area contributed by atoms with Crippen molar-refractivity contribution in [2.24, 2.45) is 28.3 Å². The molecule has 0 aromatic rings. The van der Waals surface area contributed by atoms with E-state index >= 15 is 0 Å². The highest BCUT2D eigenvalue weighted by Crippen LogP contribution is 2.54. The lowest BCUT2D eigenvalue weighted by Gasteiger charge is -2.34. The monoisotopic (exact) mass is 347 g/mol. The number of carbonyl (C=O) groups is 2. The van der Waals surface area contributed by atoms with Gasteiger partial charge in [-0.25, -0.2) is 4.79 Å². The standard InChI is InChI=1S/C18H29N5O2/c1-22(2)17(25)23-11-14-9-18(10-15(14)12-23,16(24)20-21-19)8-13-6-4-3-5-7-13/h13-15H,3-12H2,1-2H3/t14-,15+,18-. The molecule has 25 heavy (non-hydrogen) atoms. The van der Waals surface area contributed by atoms with Gasteiger partial charge in [0.25, 0.3) is 0 Å². The third kappa shape index (κ3) is 3.61. The van der Waals surface area contributed by atoms with Crippen LogP contribution >= 0.6 is 0 Å². The van der Waals surface area contributed by atoms with Crippen LogP contribution in [-0.2, 0) is 4.79 Å². The molecule has 1 aliphatic heterocycles. The summed E-state index contributed by atoms with van der Waals surface area (Å²) in [5.41, 5.74) is 8.29. The summed E-state index contributed by atoms with van der Waals surface area (Å²) >= 11 is 0. The van der Waals surface area contributed by atoms with Gasteiger partial charge in [0.1, 0.15) is 0 Å². The van der Waals surface area contributed by atoms with Gasteiger partial charge in [0.15, 0.2) is 0 Å². The zero-order chi connectivity index (χ0) is 18.0. The van der Waals surface area contributed by atoms with E-state index in [-0.39, 0.29) is 11.9 Å². The van der Waals surface area contributed by atoms with Crippen LogP contribution in [-0.4, -0.2) is 48.9 Å². The Kier molecular flexibility index (Phi) is 5.23. The van der Waals surface area contributed by atoms with Crippen molar-refractivity contribution < 1.29 is 9.59 Å². The van der Waals surface area contributed by atoms with Crippen molar-refractivity contribution in [2.75, 3.05) is 27.2 Å². The van der Waals surface area contributed by atoms with E-state index in [1.165, 1.54) is 32.1 Å². The normalized spacial score (nSPS) is 32.2. The van der Waals surface area contributed by atoms with E-state index in [2.05, 4.69) is 10.0 Å². The fraction of sp³-hybridized carbons (Fsp3) is 0.889. The van der Waals surface area contributed by atoms with Crippen molar-refractivity contribution in [3.05, 3.63) is 10.4 Å². The predicted octanol–water partition coefficient (Wildman–Crippen LogP) is 3.80. The second-order valence-corrected chi connectivity index (χ2v) is 8.49. The maximum atomic E-state index is 12.7. The third-order valence-electron chi connectivity index (χ3n) is 6.53. The Balaban J connectivity index is 1.72. The van der Waals surface area contributed by atoms with Gasteiger partial charge in [0.2, 0.25) is 5.91 Å². The van der Waals surface area contributed by atoms with Crippen LogP contribution < -0.4 is 0 Å². The Labute approximate surface area is 149 Å². The van der Waals surface area contributed by atoms with Gasteiger partial charge in [-0.05, 0) is 47.7 Å². The average Bonchev–Trinajstić information content (AvgIpc) is 3.11. The molecule has 1 heterocycles. The van der Waals surface area contributed by atoms with E-state index in [1.807, 2.05) is 4.90 Å². The quantitative estimate of drug-likeness (QED) is 0.441. The van der Waals surface area contributed by atoms with Crippen molar-refractivity contribution in [2.45, 2.75) is 51.4 Å². The number of azide groups is 1. The summed E-state index contributed by atoms with van der Waals surface area (Å²) in [5.74, 6) is 1.01. The van der Waals surface area contributed by atoms with Crippen molar-refractivity contribution in [1.82, 2.24) is 9.80 Å². The van der Waals surface area contributed by atoms with Crippen molar-refractivity contribution >= 4 is 11.9 Å². The second kappa shape index (κ2) is 7.24. The van der Waals surface area contributed by atoms with Crippen LogP contribution in [0.5, 0.6) is 0 Å². The minimum absolute atomic E-state index is 0.0497. The summed E-state index contributed by atoms with van der Waals surface area (Å²) in [5, 5.41) is 3.51. The molecule has 3 atom stereocenters. The number of hydrogen-bond acceptors (Lipinski definition) is 2. The van der Waals surface area contributed by atoms with Crippen LogP contribution in [0.2, 0.25) is 0 Å². The zero-order valence-electron chi connectivity index (χ0n) is 15.4. The fourth-order valence-corrected chi connectivity index (χ4v) is 5.45. The molecule has 3 fully saturated rings. The molecule has 3 aliphatic rings. The molecular weight excluding hydrogens is 318 g/mol. The van der Waals surface area contributed by atoms with E-state index in [4.69, 9.17) is 5.53 Å². The number of urea groups is 1. The molecule has 138 valence electrons. The molecule has 2 saturated carbocycles.